The van der Waals surface area contributed by atoms with Gasteiger partial charge in [-0.25, -0.2) is 4.79 Å². The fourth-order valence-electron chi connectivity index (χ4n) is 3.27. The van der Waals surface area contributed by atoms with Crippen LogP contribution in [0.15, 0.2) is 48.6 Å². The molecule has 0 aromatic heterocycles. The summed E-state index contributed by atoms with van der Waals surface area (Å²) in [5, 5.41) is 2.62. The Labute approximate surface area is 229 Å². The average Bonchev–Trinajstić information content (AvgIpc) is 2.88. The molecule has 0 saturated heterocycles. The van der Waals surface area contributed by atoms with Crippen molar-refractivity contribution in [3.8, 4) is 23.0 Å². The zero-order valence-corrected chi connectivity index (χ0v) is 23.4. The summed E-state index contributed by atoms with van der Waals surface area (Å²) in [6.07, 6.45) is 5.18. The molecule has 2 rings (SSSR count). The van der Waals surface area contributed by atoms with Gasteiger partial charge in [-0.1, -0.05) is 24.3 Å². The third kappa shape index (κ3) is 11.3. The van der Waals surface area contributed by atoms with Crippen LogP contribution < -0.4 is 24.3 Å². The molecular weight excluding hydrogens is 502 g/mol. The van der Waals surface area contributed by atoms with Crippen LogP contribution in [0.4, 0.5) is 4.79 Å². The molecule has 39 heavy (non-hydrogen) atoms. The summed E-state index contributed by atoms with van der Waals surface area (Å²) >= 11 is 0. The Morgan fingerprint density at radius 2 is 1.31 bits per heavy atom. The van der Waals surface area contributed by atoms with E-state index < -0.39 is 11.7 Å². The van der Waals surface area contributed by atoms with Crippen molar-refractivity contribution in [2.24, 2.45) is 0 Å². The fraction of sp³-hybridized carbons (Fsp3) is 0.367. The van der Waals surface area contributed by atoms with Gasteiger partial charge in [-0.2, -0.15) is 0 Å². The number of carbonyl (C=O) groups excluding carboxylic acids is 3. The van der Waals surface area contributed by atoms with E-state index in [0.717, 1.165) is 5.56 Å². The number of hydrogen-bond donors (Lipinski definition) is 1. The lowest BCUT2D eigenvalue weighted by Crippen LogP contribution is -2.34. The first kappa shape index (κ1) is 31.0. The number of benzene rings is 2. The molecule has 0 aliphatic heterocycles. The van der Waals surface area contributed by atoms with Crippen molar-refractivity contribution in [2.75, 3.05) is 34.0 Å². The van der Waals surface area contributed by atoms with E-state index in [2.05, 4.69) is 5.32 Å². The van der Waals surface area contributed by atoms with Gasteiger partial charge in [-0.3, -0.25) is 9.59 Å². The Balaban J connectivity index is 1.88. The van der Waals surface area contributed by atoms with Gasteiger partial charge < -0.3 is 29.0 Å². The summed E-state index contributed by atoms with van der Waals surface area (Å²) in [5.41, 5.74) is 0.875. The lowest BCUT2D eigenvalue weighted by atomic mass is 10.1. The first-order valence-electron chi connectivity index (χ1n) is 12.5. The number of amides is 1. The van der Waals surface area contributed by atoms with Crippen molar-refractivity contribution in [3.63, 3.8) is 0 Å². The molecule has 210 valence electrons. The SMILES string of the molecule is CCOc1ccc(/C=C/C(=O)CC(=O)/C=C/c2ccc(OCCNC(=O)OC(C)(C)C)c(OC)c2)cc1OC. The van der Waals surface area contributed by atoms with Crippen molar-refractivity contribution in [3.05, 3.63) is 59.7 Å². The topological polar surface area (TPSA) is 109 Å². The summed E-state index contributed by atoms with van der Waals surface area (Å²) in [7, 11) is 3.05. The molecule has 0 saturated carbocycles. The molecule has 0 heterocycles. The van der Waals surface area contributed by atoms with Gasteiger partial charge in [0.25, 0.3) is 0 Å². The highest BCUT2D eigenvalue weighted by atomic mass is 16.6. The molecule has 0 aliphatic rings. The van der Waals surface area contributed by atoms with E-state index in [1.54, 1.807) is 76.4 Å². The van der Waals surface area contributed by atoms with Crippen LogP contribution in [0.2, 0.25) is 0 Å². The summed E-state index contributed by atoms with van der Waals surface area (Å²) in [5.74, 6) is 1.48. The third-order valence-corrected chi connectivity index (χ3v) is 4.97. The maximum Gasteiger partial charge on any atom is 0.407 e. The molecule has 0 bridgehead atoms. The largest absolute Gasteiger partial charge is 0.493 e. The number of allylic oxidation sites excluding steroid dienone is 2. The highest BCUT2D eigenvalue weighted by molar-refractivity contribution is 6.10. The molecule has 0 spiro atoms. The van der Waals surface area contributed by atoms with E-state index in [4.69, 9.17) is 23.7 Å². The van der Waals surface area contributed by atoms with Crippen LogP contribution in [-0.2, 0) is 14.3 Å². The van der Waals surface area contributed by atoms with E-state index in [1.165, 1.54) is 19.3 Å². The molecule has 0 radical (unpaired) electrons. The Morgan fingerprint density at radius 3 is 1.77 bits per heavy atom. The first-order chi connectivity index (χ1) is 18.5. The minimum absolute atomic E-state index is 0.211. The van der Waals surface area contributed by atoms with Gasteiger partial charge in [-0.15, -0.1) is 0 Å². The van der Waals surface area contributed by atoms with Crippen molar-refractivity contribution >= 4 is 29.8 Å². The summed E-state index contributed by atoms with van der Waals surface area (Å²) < 4.78 is 27.0. The molecule has 9 heteroatoms. The normalized spacial score (nSPS) is 11.3. The van der Waals surface area contributed by atoms with Crippen LogP contribution in [0.5, 0.6) is 23.0 Å². The van der Waals surface area contributed by atoms with Crippen LogP contribution in [0.1, 0.15) is 45.2 Å². The number of hydrogen-bond acceptors (Lipinski definition) is 8. The molecule has 0 unspecified atom stereocenters. The van der Waals surface area contributed by atoms with Gasteiger partial charge in [0, 0.05) is 0 Å². The average molecular weight is 540 g/mol. The predicted octanol–water partition coefficient (Wildman–Crippen LogP) is 5.26. The van der Waals surface area contributed by atoms with Gasteiger partial charge in [0.15, 0.2) is 34.6 Å². The number of ether oxygens (including phenoxy) is 5. The van der Waals surface area contributed by atoms with Crippen LogP contribution in [0.3, 0.4) is 0 Å². The van der Waals surface area contributed by atoms with Gasteiger partial charge in [0.2, 0.25) is 0 Å². The second kappa shape index (κ2) is 15.2. The van der Waals surface area contributed by atoms with E-state index in [0.29, 0.717) is 35.2 Å². The summed E-state index contributed by atoms with van der Waals surface area (Å²) in [4.78, 5) is 36.3. The van der Waals surface area contributed by atoms with Crippen molar-refractivity contribution in [2.45, 2.75) is 39.7 Å². The molecule has 9 nitrogen and oxygen atoms in total. The quantitative estimate of drug-likeness (QED) is 0.197. The van der Waals surface area contributed by atoms with Crippen molar-refractivity contribution in [1.82, 2.24) is 5.32 Å². The molecule has 0 atom stereocenters. The Morgan fingerprint density at radius 1 is 0.795 bits per heavy atom. The lowest BCUT2D eigenvalue weighted by molar-refractivity contribution is -0.121. The number of alkyl carbamates (subject to hydrolysis) is 1. The predicted molar refractivity (Wildman–Crippen MR) is 150 cm³/mol. The number of methoxy groups -OCH3 is 2. The number of rotatable bonds is 14. The molecule has 1 N–H and O–H groups in total. The monoisotopic (exact) mass is 539 g/mol. The zero-order chi connectivity index (χ0) is 28.8. The molecule has 2 aromatic carbocycles. The van der Waals surface area contributed by atoms with E-state index in [-0.39, 0.29) is 31.1 Å². The maximum absolute atomic E-state index is 12.3. The Kier molecular flexibility index (Phi) is 12.1. The van der Waals surface area contributed by atoms with E-state index in [1.807, 2.05) is 6.92 Å². The van der Waals surface area contributed by atoms with E-state index >= 15 is 0 Å². The number of carbonyl (C=O) groups is 3. The molecule has 0 aliphatic carbocycles. The van der Waals surface area contributed by atoms with Crippen LogP contribution in [-0.4, -0.2) is 57.2 Å². The van der Waals surface area contributed by atoms with Gasteiger partial charge in [0.05, 0.1) is 33.8 Å². The Hall–Kier alpha value is -4.27. The van der Waals surface area contributed by atoms with Crippen LogP contribution >= 0.6 is 0 Å². The van der Waals surface area contributed by atoms with Gasteiger partial charge in [-0.05, 0) is 75.2 Å². The minimum atomic E-state index is -0.575. The standard InChI is InChI=1S/C30H37NO8/c1-7-37-25-14-10-21(18-27(25)35-5)8-12-23(32)20-24(33)13-9-22-11-15-26(28(19-22)36-6)38-17-16-31-29(34)39-30(2,3)4/h8-15,18-19H,7,16-17,20H2,1-6H3,(H,31,34)/b12-8+,13-9+. The van der Waals surface area contributed by atoms with Gasteiger partial charge >= 0.3 is 6.09 Å². The van der Waals surface area contributed by atoms with Crippen molar-refractivity contribution in [1.29, 1.82) is 0 Å². The lowest BCUT2D eigenvalue weighted by Gasteiger charge is -2.19. The maximum atomic E-state index is 12.3. The summed E-state index contributed by atoms with van der Waals surface area (Å²) in [6.45, 7) is 8.22. The molecular formula is C30H37NO8. The van der Waals surface area contributed by atoms with Crippen LogP contribution in [0.25, 0.3) is 12.2 Å². The third-order valence-electron chi connectivity index (χ3n) is 4.97. The minimum Gasteiger partial charge on any atom is -0.493 e. The number of ketones is 2. The fourth-order valence-corrected chi connectivity index (χ4v) is 3.27. The highest BCUT2D eigenvalue weighted by Gasteiger charge is 2.15. The van der Waals surface area contributed by atoms with Gasteiger partial charge in [0.1, 0.15) is 12.2 Å². The molecule has 0 fully saturated rings. The second-order valence-electron chi connectivity index (χ2n) is 9.31. The van der Waals surface area contributed by atoms with Crippen LogP contribution in [0, 0.1) is 0 Å². The zero-order valence-electron chi connectivity index (χ0n) is 23.4. The van der Waals surface area contributed by atoms with Crippen molar-refractivity contribution < 1.29 is 38.1 Å². The highest BCUT2D eigenvalue weighted by Crippen LogP contribution is 2.29. The number of nitrogens with one attached hydrogen (secondary N) is 1. The van der Waals surface area contributed by atoms with E-state index in [9.17, 15) is 14.4 Å². The molecule has 1 amide bonds. The Bertz CT molecular complexity index is 1190. The molecule has 2 aromatic rings. The first-order valence-corrected chi connectivity index (χ1v) is 12.5. The summed E-state index contributed by atoms with van der Waals surface area (Å²) in [6, 6.07) is 10.5. The second-order valence-corrected chi connectivity index (χ2v) is 9.31. The smallest absolute Gasteiger partial charge is 0.407 e.